The molecule has 3 heteroatoms. The van der Waals surface area contributed by atoms with Gasteiger partial charge in [-0.1, -0.05) is 20.8 Å². The lowest BCUT2D eigenvalue weighted by molar-refractivity contribution is -0.129. The number of nitrogens with zero attached hydrogens (tertiary/aromatic N) is 1. The fourth-order valence-corrected chi connectivity index (χ4v) is 2.38. The van der Waals surface area contributed by atoms with E-state index in [2.05, 4.69) is 20.8 Å². The van der Waals surface area contributed by atoms with Crippen molar-refractivity contribution < 1.29 is 9.90 Å². The van der Waals surface area contributed by atoms with Gasteiger partial charge < -0.3 is 10.0 Å². The lowest BCUT2D eigenvalue weighted by Gasteiger charge is -2.27. The van der Waals surface area contributed by atoms with Gasteiger partial charge in [-0.05, 0) is 30.1 Å². The molecule has 1 aliphatic heterocycles. The normalized spacial score (nSPS) is 28.6. The number of carbonyl (C=O) groups excluding carboxylic acids is 1. The molecule has 1 N–H and O–H groups in total. The van der Waals surface area contributed by atoms with Gasteiger partial charge in [0.25, 0.3) is 0 Å². The number of aliphatic hydroxyl groups excluding tert-OH is 1. The molecule has 0 spiro atoms. The lowest BCUT2D eigenvalue weighted by atomic mass is 9.80. The van der Waals surface area contributed by atoms with Crippen LogP contribution in [0.4, 0.5) is 0 Å². The molecule has 0 aromatic carbocycles. The van der Waals surface area contributed by atoms with Crippen LogP contribution >= 0.6 is 0 Å². The summed E-state index contributed by atoms with van der Waals surface area (Å²) >= 11 is 0. The SMILES string of the molecule is CC(C)(C)C1CC(=O)N(CC(O)C2CC2)C1. The van der Waals surface area contributed by atoms with Crippen LogP contribution in [-0.2, 0) is 4.79 Å². The minimum absolute atomic E-state index is 0.189. The van der Waals surface area contributed by atoms with Crippen LogP contribution < -0.4 is 0 Å². The maximum atomic E-state index is 11.8. The van der Waals surface area contributed by atoms with Gasteiger partial charge in [-0.15, -0.1) is 0 Å². The third kappa shape index (κ3) is 2.57. The second kappa shape index (κ2) is 4.02. The van der Waals surface area contributed by atoms with E-state index < -0.39 is 0 Å². The molecule has 2 fully saturated rings. The van der Waals surface area contributed by atoms with Crippen LogP contribution in [0.3, 0.4) is 0 Å². The number of β-amino-alcohol motifs (C(OH)–C–C–N with tert-alkyl or cyclic N) is 1. The van der Waals surface area contributed by atoms with Crippen LogP contribution in [0.1, 0.15) is 40.0 Å². The zero-order valence-electron chi connectivity index (χ0n) is 10.6. The number of rotatable bonds is 3. The average molecular weight is 225 g/mol. The maximum absolute atomic E-state index is 11.8. The fourth-order valence-electron chi connectivity index (χ4n) is 2.38. The molecular formula is C13H23NO2. The third-order valence-electron chi connectivity index (χ3n) is 4.01. The molecule has 1 heterocycles. The molecule has 3 nitrogen and oxygen atoms in total. The summed E-state index contributed by atoms with van der Waals surface area (Å²) in [6, 6.07) is 0. The molecule has 16 heavy (non-hydrogen) atoms. The number of aliphatic hydroxyl groups is 1. The molecule has 0 aromatic rings. The van der Waals surface area contributed by atoms with Gasteiger partial charge in [-0.3, -0.25) is 4.79 Å². The second-order valence-electron chi connectivity index (χ2n) is 6.47. The van der Waals surface area contributed by atoms with Crippen LogP contribution in [0.5, 0.6) is 0 Å². The van der Waals surface area contributed by atoms with Crippen molar-refractivity contribution in [2.24, 2.45) is 17.3 Å². The summed E-state index contributed by atoms with van der Waals surface area (Å²) in [5.41, 5.74) is 0.189. The van der Waals surface area contributed by atoms with Gasteiger partial charge in [0.2, 0.25) is 5.91 Å². The van der Waals surface area contributed by atoms with Gasteiger partial charge in [0, 0.05) is 19.5 Å². The standard InChI is InChI=1S/C13H23NO2/c1-13(2,3)10-6-12(16)14(7-10)8-11(15)9-4-5-9/h9-11,15H,4-8H2,1-3H3. The minimum atomic E-state index is -0.289. The average Bonchev–Trinajstić information content (AvgIpc) is 2.92. The molecule has 1 saturated heterocycles. The summed E-state index contributed by atoms with van der Waals surface area (Å²) in [6.45, 7) is 7.94. The number of hydrogen-bond donors (Lipinski definition) is 1. The monoisotopic (exact) mass is 225 g/mol. The largest absolute Gasteiger partial charge is 0.391 e. The van der Waals surface area contributed by atoms with Crippen molar-refractivity contribution in [1.29, 1.82) is 0 Å². The van der Waals surface area contributed by atoms with Crippen LogP contribution in [0.25, 0.3) is 0 Å². The Morgan fingerprint density at radius 1 is 1.44 bits per heavy atom. The first kappa shape index (κ1) is 11.9. The van der Waals surface area contributed by atoms with Crippen LogP contribution in [-0.4, -0.2) is 35.1 Å². The Hall–Kier alpha value is -0.570. The molecule has 1 amide bonds. The van der Waals surface area contributed by atoms with Gasteiger partial charge in [0.05, 0.1) is 6.10 Å². The Labute approximate surface area is 97.8 Å². The zero-order chi connectivity index (χ0) is 11.9. The molecule has 0 aromatic heterocycles. The number of amides is 1. The predicted octanol–water partition coefficient (Wildman–Crippen LogP) is 1.65. The van der Waals surface area contributed by atoms with Gasteiger partial charge in [0.15, 0.2) is 0 Å². The third-order valence-corrected chi connectivity index (χ3v) is 4.01. The Balaban J connectivity index is 1.89. The van der Waals surface area contributed by atoms with E-state index in [0.717, 1.165) is 19.4 Å². The summed E-state index contributed by atoms with van der Waals surface area (Å²) in [4.78, 5) is 13.7. The van der Waals surface area contributed by atoms with Crippen molar-refractivity contribution >= 4 is 5.91 Å². The molecular weight excluding hydrogens is 202 g/mol. The van der Waals surface area contributed by atoms with Gasteiger partial charge in [-0.25, -0.2) is 0 Å². The number of carbonyl (C=O) groups is 1. The number of likely N-dealkylation sites (tertiary alicyclic amines) is 1. The topological polar surface area (TPSA) is 40.5 Å². The quantitative estimate of drug-likeness (QED) is 0.793. The van der Waals surface area contributed by atoms with Gasteiger partial charge >= 0.3 is 0 Å². The van der Waals surface area contributed by atoms with E-state index in [4.69, 9.17) is 0 Å². The Bertz CT molecular complexity index is 278. The summed E-state index contributed by atoms with van der Waals surface area (Å²) in [6.07, 6.45) is 2.63. The van der Waals surface area contributed by atoms with Crippen molar-refractivity contribution in [2.45, 2.75) is 46.1 Å². The van der Waals surface area contributed by atoms with E-state index in [1.54, 1.807) is 0 Å². The predicted molar refractivity (Wildman–Crippen MR) is 62.9 cm³/mol. The minimum Gasteiger partial charge on any atom is -0.391 e. The van der Waals surface area contributed by atoms with Crippen molar-refractivity contribution in [1.82, 2.24) is 4.90 Å². The molecule has 1 aliphatic carbocycles. The van der Waals surface area contributed by atoms with E-state index in [0.29, 0.717) is 24.8 Å². The van der Waals surface area contributed by atoms with Crippen molar-refractivity contribution in [3.8, 4) is 0 Å². The van der Waals surface area contributed by atoms with Crippen molar-refractivity contribution in [3.63, 3.8) is 0 Å². The molecule has 1 saturated carbocycles. The number of hydrogen-bond acceptors (Lipinski definition) is 2. The first-order chi connectivity index (χ1) is 7.38. The Morgan fingerprint density at radius 3 is 2.50 bits per heavy atom. The van der Waals surface area contributed by atoms with Crippen molar-refractivity contribution in [3.05, 3.63) is 0 Å². The highest BCUT2D eigenvalue weighted by Crippen LogP contribution is 2.36. The summed E-state index contributed by atoms with van der Waals surface area (Å²) < 4.78 is 0. The maximum Gasteiger partial charge on any atom is 0.223 e. The molecule has 0 radical (unpaired) electrons. The van der Waals surface area contributed by atoms with Gasteiger partial charge in [-0.2, -0.15) is 0 Å². The summed E-state index contributed by atoms with van der Waals surface area (Å²) in [7, 11) is 0. The second-order valence-corrected chi connectivity index (χ2v) is 6.47. The smallest absolute Gasteiger partial charge is 0.223 e. The Morgan fingerprint density at radius 2 is 2.06 bits per heavy atom. The van der Waals surface area contributed by atoms with E-state index >= 15 is 0 Å². The molecule has 2 unspecified atom stereocenters. The Kier molecular flexibility index (Phi) is 2.99. The van der Waals surface area contributed by atoms with Crippen LogP contribution in [0.2, 0.25) is 0 Å². The van der Waals surface area contributed by atoms with Crippen LogP contribution in [0.15, 0.2) is 0 Å². The zero-order valence-corrected chi connectivity index (χ0v) is 10.6. The van der Waals surface area contributed by atoms with Crippen LogP contribution in [0, 0.1) is 17.3 Å². The highest BCUT2D eigenvalue weighted by Gasteiger charge is 2.39. The van der Waals surface area contributed by atoms with E-state index in [1.165, 1.54) is 0 Å². The lowest BCUT2D eigenvalue weighted by Crippen LogP contribution is -2.35. The first-order valence-electron chi connectivity index (χ1n) is 6.34. The summed E-state index contributed by atoms with van der Waals surface area (Å²) in [5.74, 6) is 1.12. The molecule has 92 valence electrons. The van der Waals surface area contributed by atoms with Gasteiger partial charge in [0.1, 0.15) is 0 Å². The van der Waals surface area contributed by atoms with E-state index in [9.17, 15) is 9.90 Å². The highest BCUT2D eigenvalue weighted by atomic mass is 16.3. The molecule has 0 bridgehead atoms. The molecule has 2 atom stereocenters. The van der Waals surface area contributed by atoms with E-state index in [-0.39, 0.29) is 17.4 Å². The van der Waals surface area contributed by atoms with Crippen molar-refractivity contribution in [2.75, 3.05) is 13.1 Å². The first-order valence-corrected chi connectivity index (χ1v) is 6.34. The fraction of sp³-hybridized carbons (Fsp3) is 0.923. The highest BCUT2D eigenvalue weighted by molar-refractivity contribution is 5.78. The van der Waals surface area contributed by atoms with E-state index in [1.807, 2.05) is 4.90 Å². The molecule has 2 aliphatic rings. The summed E-state index contributed by atoms with van der Waals surface area (Å²) in [5, 5.41) is 9.86. The molecule has 2 rings (SSSR count).